The van der Waals surface area contributed by atoms with E-state index >= 15 is 0 Å². The first-order chi connectivity index (χ1) is 8.09. The molecule has 2 heterocycles. The number of fused-ring (bicyclic) bond motifs is 1. The molecule has 0 unspecified atom stereocenters. The molecule has 0 spiro atoms. The average Bonchev–Trinajstić information content (AvgIpc) is 2.59. The second-order valence-electron chi connectivity index (χ2n) is 3.26. The molecule has 11 nitrogen and oxygen atoms in total. The number of anilines is 1. The van der Waals surface area contributed by atoms with Gasteiger partial charge in [-0.15, -0.1) is 0 Å². The van der Waals surface area contributed by atoms with Gasteiger partial charge in [-0.1, -0.05) is 0 Å². The molecule has 0 aliphatic heterocycles. The Morgan fingerprint density at radius 1 is 1.00 bits per heavy atom. The Morgan fingerprint density at radius 3 is 2.11 bits per heavy atom. The van der Waals surface area contributed by atoms with Crippen molar-refractivity contribution in [2.45, 2.75) is 0 Å². The molecular formula is C5H7N5O6P2. The minimum absolute atomic E-state index is 0.106. The first-order valence-corrected chi connectivity index (χ1v) is 7.47. The predicted molar refractivity (Wildman–Crippen MR) is 59.5 cm³/mol. The molecular weight excluding hydrogens is 288 g/mol. The van der Waals surface area contributed by atoms with E-state index in [0.717, 1.165) is 0 Å². The minimum Gasteiger partial charge on any atom is -0.382 e. The van der Waals surface area contributed by atoms with Gasteiger partial charge < -0.3 is 30.3 Å². The summed E-state index contributed by atoms with van der Waals surface area (Å²) >= 11 is 0. The van der Waals surface area contributed by atoms with Crippen LogP contribution in [0.15, 0.2) is 0 Å². The Hall–Kier alpha value is -1.35. The molecule has 0 amide bonds. The standard InChI is InChI=1S/C5H7N5O6P2/c6-2-1-3(9-4(7-1)17(11,12)13)10-5(8-2)18(14,15)16/h(H2,11,12,13)(H2,14,15,16)(H3,6,7,8,9,10). The summed E-state index contributed by atoms with van der Waals surface area (Å²) in [7, 11) is -9.38. The number of nitrogen functional groups attached to an aromatic ring is 1. The molecule has 2 rings (SSSR count). The van der Waals surface area contributed by atoms with Gasteiger partial charge in [-0.05, 0) is 0 Å². The molecule has 2 aromatic heterocycles. The fourth-order valence-electron chi connectivity index (χ4n) is 1.16. The smallest absolute Gasteiger partial charge is 0.382 e. The van der Waals surface area contributed by atoms with Gasteiger partial charge in [-0.3, -0.25) is 9.13 Å². The minimum atomic E-state index is -4.73. The number of nitrogens with two attached hydrogens (primary N) is 1. The number of rotatable bonds is 2. The third-order valence-electron chi connectivity index (χ3n) is 1.89. The van der Waals surface area contributed by atoms with E-state index in [4.69, 9.17) is 25.3 Å². The number of nitrogens with zero attached hydrogens (tertiary/aromatic N) is 3. The maximum absolute atomic E-state index is 11.0. The molecule has 0 atom stereocenters. The molecule has 0 saturated heterocycles. The summed E-state index contributed by atoms with van der Waals surface area (Å²) in [6.45, 7) is 0. The number of nitrogens with one attached hydrogen (secondary N) is 1. The van der Waals surface area contributed by atoms with Gasteiger partial charge >= 0.3 is 15.2 Å². The van der Waals surface area contributed by atoms with Crippen molar-refractivity contribution in [1.82, 2.24) is 19.9 Å². The lowest BCUT2D eigenvalue weighted by atomic mass is 10.5. The molecule has 0 fully saturated rings. The van der Waals surface area contributed by atoms with Crippen LogP contribution in [0, 0.1) is 0 Å². The van der Waals surface area contributed by atoms with Gasteiger partial charge in [0, 0.05) is 0 Å². The maximum atomic E-state index is 11.0. The topological polar surface area (TPSA) is 196 Å². The lowest BCUT2D eigenvalue weighted by molar-refractivity contribution is 0.383. The maximum Gasteiger partial charge on any atom is 0.393 e. The van der Waals surface area contributed by atoms with Crippen molar-refractivity contribution < 1.29 is 28.7 Å². The summed E-state index contributed by atoms with van der Waals surface area (Å²) in [4.78, 5) is 47.9. The summed E-state index contributed by atoms with van der Waals surface area (Å²) < 4.78 is 21.9. The van der Waals surface area contributed by atoms with Crippen LogP contribution >= 0.6 is 15.2 Å². The highest BCUT2D eigenvalue weighted by Gasteiger charge is 2.27. The van der Waals surface area contributed by atoms with Crippen LogP contribution in [0.5, 0.6) is 0 Å². The number of imidazole rings is 1. The van der Waals surface area contributed by atoms with E-state index in [1.54, 1.807) is 0 Å². The van der Waals surface area contributed by atoms with Crippen molar-refractivity contribution in [3.63, 3.8) is 0 Å². The third-order valence-corrected chi connectivity index (χ3v) is 3.38. The highest BCUT2D eigenvalue weighted by molar-refractivity contribution is 7.60. The molecule has 18 heavy (non-hydrogen) atoms. The molecule has 98 valence electrons. The highest BCUT2D eigenvalue weighted by Crippen LogP contribution is 2.34. The highest BCUT2D eigenvalue weighted by atomic mass is 31.2. The normalized spacial score (nSPS) is 13.1. The fourth-order valence-corrected chi connectivity index (χ4v) is 2.11. The summed E-state index contributed by atoms with van der Waals surface area (Å²) in [6, 6.07) is 0. The summed E-state index contributed by atoms with van der Waals surface area (Å²) in [5.74, 6) is -0.370. The van der Waals surface area contributed by atoms with Crippen molar-refractivity contribution in [3.8, 4) is 0 Å². The lowest BCUT2D eigenvalue weighted by Gasteiger charge is -2.02. The van der Waals surface area contributed by atoms with Gasteiger partial charge in [0.15, 0.2) is 11.5 Å². The van der Waals surface area contributed by atoms with Crippen molar-refractivity contribution in [2.24, 2.45) is 0 Å². The van der Waals surface area contributed by atoms with Crippen LogP contribution in [0.3, 0.4) is 0 Å². The zero-order chi connectivity index (χ0) is 13.7. The van der Waals surface area contributed by atoms with E-state index in [-0.39, 0.29) is 17.0 Å². The monoisotopic (exact) mass is 295 g/mol. The van der Waals surface area contributed by atoms with E-state index in [2.05, 4.69) is 19.9 Å². The van der Waals surface area contributed by atoms with Crippen molar-refractivity contribution in [2.75, 3.05) is 5.73 Å². The van der Waals surface area contributed by atoms with E-state index < -0.39 is 26.3 Å². The van der Waals surface area contributed by atoms with Gasteiger partial charge in [-0.2, -0.15) is 4.98 Å². The predicted octanol–water partition coefficient (Wildman–Crippen LogP) is -2.46. The van der Waals surface area contributed by atoms with Crippen LogP contribution in [0.2, 0.25) is 0 Å². The number of hydrogen-bond donors (Lipinski definition) is 6. The van der Waals surface area contributed by atoms with Gasteiger partial charge in [0.25, 0.3) is 0 Å². The molecule has 0 aliphatic rings. The molecule has 7 N–H and O–H groups in total. The largest absolute Gasteiger partial charge is 0.393 e. The summed E-state index contributed by atoms with van der Waals surface area (Å²) in [6.07, 6.45) is 0. The Labute approximate surface area is 98.4 Å². The van der Waals surface area contributed by atoms with E-state index in [1.165, 1.54) is 0 Å². The van der Waals surface area contributed by atoms with Crippen LogP contribution in [0.25, 0.3) is 11.2 Å². The van der Waals surface area contributed by atoms with E-state index in [1.807, 2.05) is 0 Å². The van der Waals surface area contributed by atoms with Crippen molar-refractivity contribution in [3.05, 3.63) is 0 Å². The van der Waals surface area contributed by atoms with Gasteiger partial charge in [0.2, 0.25) is 11.1 Å². The first-order valence-electron chi connectivity index (χ1n) is 4.24. The van der Waals surface area contributed by atoms with Crippen molar-refractivity contribution >= 4 is 43.3 Å². The first kappa shape index (κ1) is 13.1. The quantitative estimate of drug-likeness (QED) is 0.323. The van der Waals surface area contributed by atoms with Crippen LogP contribution < -0.4 is 16.9 Å². The lowest BCUT2D eigenvalue weighted by Crippen LogP contribution is -2.16. The van der Waals surface area contributed by atoms with Gasteiger partial charge in [0.05, 0.1) is 0 Å². The Bertz CT molecular complexity index is 714. The zero-order valence-corrected chi connectivity index (χ0v) is 10.2. The number of aromatic nitrogens is 4. The summed E-state index contributed by atoms with van der Waals surface area (Å²) in [5.41, 5.74) is 3.38. The molecule has 0 aliphatic carbocycles. The van der Waals surface area contributed by atoms with E-state index in [9.17, 15) is 9.13 Å². The fraction of sp³-hybridized carbons (Fsp3) is 0. The van der Waals surface area contributed by atoms with E-state index in [0.29, 0.717) is 0 Å². The zero-order valence-electron chi connectivity index (χ0n) is 8.42. The molecule has 0 radical (unpaired) electrons. The van der Waals surface area contributed by atoms with Crippen LogP contribution in [-0.2, 0) is 9.13 Å². The molecule has 0 bridgehead atoms. The number of hydrogen-bond acceptors (Lipinski definition) is 6. The van der Waals surface area contributed by atoms with Crippen LogP contribution in [0.4, 0.5) is 5.82 Å². The van der Waals surface area contributed by atoms with Crippen LogP contribution in [-0.4, -0.2) is 39.5 Å². The molecule has 0 saturated carbocycles. The van der Waals surface area contributed by atoms with Gasteiger partial charge in [-0.25, -0.2) is 9.97 Å². The van der Waals surface area contributed by atoms with Crippen molar-refractivity contribution in [1.29, 1.82) is 0 Å². The third kappa shape index (κ3) is 2.27. The number of aromatic amines is 1. The van der Waals surface area contributed by atoms with Gasteiger partial charge in [0.1, 0.15) is 5.52 Å². The average molecular weight is 295 g/mol. The molecule has 13 heteroatoms. The Balaban J connectivity index is 2.75. The second-order valence-corrected chi connectivity index (χ2v) is 6.26. The number of H-pyrrole nitrogens is 1. The molecule has 2 aromatic rings. The summed E-state index contributed by atoms with van der Waals surface area (Å²) in [5, 5.41) is 0. The Morgan fingerprint density at radius 2 is 1.61 bits per heavy atom. The molecule has 0 aromatic carbocycles. The SMILES string of the molecule is Nc1nc(P(=O)(O)O)nc2nc(P(=O)(O)O)[nH]c12. The van der Waals surface area contributed by atoms with Crippen LogP contribution in [0.1, 0.15) is 0 Å². The Kier molecular flexibility index (Phi) is 2.78. The second kappa shape index (κ2) is 3.82.